The van der Waals surface area contributed by atoms with E-state index in [2.05, 4.69) is 0 Å². The van der Waals surface area contributed by atoms with Crippen LogP contribution in [0.4, 0.5) is 0 Å². The van der Waals surface area contributed by atoms with Crippen molar-refractivity contribution in [2.75, 3.05) is 0 Å². The van der Waals surface area contributed by atoms with Crippen LogP contribution >= 0.6 is 0 Å². The highest BCUT2D eigenvalue weighted by atomic mass is 16.6. The monoisotopic (exact) mass is 294 g/mol. The Morgan fingerprint density at radius 3 is 2.29 bits per heavy atom. The van der Waals surface area contributed by atoms with Crippen molar-refractivity contribution >= 4 is 11.9 Å². The van der Waals surface area contributed by atoms with Gasteiger partial charge in [-0.05, 0) is 51.4 Å². The van der Waals surface area contributed by atoms with Gasteiger partial charge in [0.1, 0.15) is 11.7 Å². The Balaban J connectivity index is 1.88. The van der Waals surface area contributed by atoms with E-state index in [-0.39, 0.29) is 35.3 Å². The van der Waals surface area contributed by atoms with Crippen LogP contribution in [0.15, 0.2) is 12.2 Å². The Kier molecular flexibility index (Phi) is 4.18. The molecule has 4 heteroatoms. The highest BCUT2D eigenvalue weighted by Crippen LogP contribution is 2.59. The maximum atomic E-state index is 12.2. The number of allylic oxidation sites excluding steroid dienone is 1. The molecule has 0 unspecified atom stereocenters. The van der Waals surface area contributed by atoms with Gasteiger partial charge in [0.05, 0.1) is 5.92 Å². The zero-order valence-corrected chi connectivity index (χ0v) is 13.6. The molecule has 2 atom stereocenters. The van der Waals surface area contributed by atoms with Crippen molar-refractivity contribution in [1.82, 2.24) is 0 Å². The predicted molar refractivity (Wildman–Crippen MR) is 79.5 cm³/mol. The van der Waals surface area contributed by atoms with Crippen LogP contribution in [0.2, 0.25) is 0 Å². The third kappa shape index (κ3) is 3.86. The molecule has 4 nitrogen and oxygen atoms in total. The van der Waals surface area contributed by atoms with Crippen molar-refractivity contribution in [3.63, 3.8) is 0 Å². The van der Waals surface area contributed by atoms with Crippen LogP contribution in [0.1, 0.15) is 53.9 Å². The molecule has 2 saturated carbocycles. The third-order valence-corrected chi connectivity index (χ3v) is 4.35. The van der Waals surface area contributed by atoms with Gasteiger partial charge in [-0.25, -0.2) is 4.79 Å². The lowest BCUT2D eigenvalue weighted by Crippen LogP contribution is -2.26. The van der Waals surface area contributed by atoms with Crippen LogP contribution in [-0.4, -0.2) is 23.6 Å². The van der Waals surface area contributed by atoms with Crippen molar-refractivity contribution in [2.45, 2.75) is 65.6 Å². The third-order valence-electron chi connectivity index (χ3n) is 4.35. The molecule has 21 heavy (non-hydrogen) atoms. The molecule has 0 aliphatic heterocycles. The fraction of sp³-hybridized carbons (Fsp3) is 0.765. The van der Waals surface area contributed by atoms with Gasteiger partial charge in [-0.3, -0.25) is 4.79 Å². The summed E-state index contributed by atoms with van der Waals surface area (Å²) in [5.41, 5.74) is -0.636. The summed E-state index contributed by atoms with van der Waals surface area (Å²) in [4.78, 5) is 23.8. The summed E-state index contributed by atoms with van der Waals surface area (Å²) in [6.45, 7) is 9.63. The second kappa shape index (κ2) is 5.47. The Hall–Kier alpha value is -1.32. The largest absolute Gasteiger partial charge is 0.460 e. The maximum Gasteiger partial charge on any atom is 0.330 e. The molecule has 0 saturated heterocycles. The number of ether oxygens (including phenoxy) is 2. The van der Waals surface area contributed by atoms with E-state index in [4.69, 9.17) is 9.47 Å². The quantitative estimate of drug-likeness (QED) is 0.590. The highest BCUT2D eigenvalue weighted by molar-refractivity contribution is 5.83. The molecule has 0 N–H and O–H groups in total. The van der Waals surface area contributed by atoms with E-state index in [0.717, 1.165) is 19.3 Å². The van der Waals surface area contributed by atoms with Gasteiger partial charge in [0.15, 0.2) is 0 Å². The molecule has 0 amide bonds. The average Bonchev–Trinajstić information content (AvgIpc) is 2.80. The first-order valence-electron chi connectivity index (χ1n) is 7.73. The van der Waals surface area contributed by atoms with Crippen molar-refractivity contribution in [3.05, 3.63) is 12.2 Å². The summed E-state index contributed by atoms with van der Waals surface area (Å²) in [6, 6.07) is 0. The van der Waals surface area contributed by atoms with E-state index in [1.54, 1.807) is 6.08 Å². The molecule has 0 bridgehead atoms. The van der Waals surface area contributed by atoms with Crippen molar-refractivity contribution in [3.8, 4) is 0 Å². The number of esters is 2. The first-order chi connectivity index (χ1) is 9.61. The number of hydrogen-bond acceptors (Lipinski definition) is 4. The first kappa shape index (κ1) is 16.1. The van der Waals surface area contributed by atoms with Crippen LogP contribution in [0.25, 0.3) is 0 Å². The van der Waals surface area contributed by atoms with Gasteiger partial charge in [-0.1, -0.05) is 19.9 Å². The molecule has 2 rings (SSSR count). The number of rotatable bonds is 4. The zero-order chi connectivity index (χ0) is 15.8. The molecule has 2 aliphatic carbocycles. The van der Waals surface area contributed by atoms with Crippen LogP contribution in [0.5, 0.6) is 0 Å². The van der Waals surface area contributed by atoms with E-state index < -0.39 is 5.60 Å². The number of carbonyl (C=O) groups is 2. The van der Waals surface area contributed by atoms with Crippen LogP contribution in [-0.2, 0) is 19.1 Å². The highest BCUT2D eigenvalue weighted by Gasteiger charge is 2.61. The van der Waals surface area contributed by atoms with E-state index in [0.29, 0.717) is 0 Å². The Morgan fingerprint density at radius 1 is 1.19 bits per heavy atom. The van der Waals surface area contributed by atoms with E-state index in [1.807, 2.05) is 34.6 Å². The second-order valence-corrected chi connectivity index (χ2v) is 7.71. The molecule has 2 aliphatic rings. The van der Waals surface area contributed by atoms with Gasteiger partial charge in [0, 0.05) is 6.08 Å². The molecule has 0 heterocycles. The van der Waals surface area contributed by atoms with Gasteiger partial charge >= 0.3 is 11.9 Å². The van der Waals surface area contributed by atoms with Gasteiger partial charge in [0.2, 0.25) is 0 Å². The molecule has 0 aromatic heterocycles. The molecular formula is C17H26O4. The fourth-order valence-electron chi connectivity index (χ4n) is 2.73. The molecule has 2 fully saturated rings. The van der Waals surface area contributed by atoms with E-state index in [1.165, 1.54) is 6.08 Å². The van der Waals surface area contributed by atoms with Crippen molar-refractivity contribution in [1.29, 1.82) is 0 Å². The van der Waals surface area contributed by atoms with Gasteiger partial charge < -0.3 is 9.47 Å². The summed E-state index contributed by atoms with van der Waals surface area (Å²) >= 11 is 0. The Morgan fingerprint density at radius 2 is 1.81 bits per heavy atom. The number of hydrogen-bond donors (Lipinski definition) is 0. The topological polar surface area (TPSA) is 52.6 Å². The number of carbonyl (C=O) groups excluding carboxylic acids is 2. The predicted octanol–water partition coefficient (Wildman–Crippen LogP) is 3.25. The van der Waals surface area contributed by atoms with Crippen LogP contribution in [0, 0.1) is 17.3 Å². The minimum Gasteiger partial charge on any atom is -0.460 e. The van der Waals surface area contributed by atoms with Crippen LogP contribution < -0.4 is 0 Å². The first-order valence-corrected chi connectivity index (χ1v) is 7.73. The normalized spacial score (nSPS) is 28.0. The molecule has 118 valence electrons. The SMILES string of the molecule is CC(C)(C)OC(=O)[C@@H]1[C@H](C=CC(=O)OC2CCC2)C1(C)C. The standard InChI is InChI=1S/C17H26O4/c1-16(2,3)21-15(19)14-12(17(14,4)5)9-10-13(18)20-11-7-6-8-11/h9-12,14H,6-8H2,1-5H3/t12-,14-/m0/s1. The van der Waals surface area contributed by atoms with Crippen molar-refractivity contribution in [2.24, 2.45) is 17.3 Å². The fourth-order valence-corrected chi connectivity index (χ4v) is 2.73. The van der Waals surface area contributed by atoms with Crippen molar-refractivity contribution < 1.29 is 19.1 Å². The molecule has 0 aromatic carbocycles. The lowest BCUT2D eigenvalue weighted by atomic mass is 9.96. The van der Waals surface area contributed by atoms with Gasteiger partial charge in [0.25, 0.3) is 0 Å². The van der Waals surface area contributed by atoms with E-state index in [9.17, 15) is 9.59 Å². The minimum absolute atomic E-state index is 0.0429. The smallest absolute Gasteiger partial charge is 0.330 e. The average molecular weight is 294 g/mol. The summed E-state index contributed by atoms with van der Waals surface area (Å²) in [7, 11) is 0. The van der Waals surface area contributed by atoms with Crippen LogP contribution in [0.3, 0.4) is 0 Å². The molecule has 0 aromatic rings. The second-order valence-electron chi connectivity index (χ2n) is 7.71. The Labute approximate surface area is 126 Å². The molecule has 0 radical (unpaired) electrons. The molecular weight excluding hydrogens is 268 g/mol. The summed E-state index contributed by atoms with van der Waals surface area (Å²) in [5.74, 6) is -0.620. The summed E-state index contributed by atoms with van der Waals surface area (Å²) in [6.07, 6.45) is 6.43. The summed E-state index contributed by atoms with van der Waals surface area (Å²) in [5, 5.41) is 0. The molecule has 0 spiro atoms. The minimum atomic E-state index is -0.479. The van der Waals surface area contributed by atoms with E-state index >= 15 is 0 Å². The maximum absolute atomic E-state index is 12.2. The lowest BCUT2D eigenvalue weighted by Gasteiger charge is -2.24. The summed E-state index contributed by atoms with van der Waals surface area (Å²) < 4.78 is 10.7. The zero-order valence-electron chi connectivity index (χ0n) is 13.6. The lowest BCUT2D eigenvalue weighted by molar-refractivity contribution is -0.157. The Bertz CT molecular complexity index is 452. The van der Waals surface area contributed by atoms with Gasteiger partial charge in [-0.15, -0.1) is 0 Å². The van der Waals surface area contributed by atoms with Gasteiger partial charge in [-0.2, -0.15) is 0 Å².